The van der Waals surface area contributed by atoms with Gasteiger partial charge in [-0.3, -0.25) is 0 Å². The highest BCUT2D eigenvalue weighted by molar-refractivity contribution is 7.58. The molecule has 2 aromatic rings. The van der Waals surface area contributed by atoms with Crippen molar-refractivity contribution in [3.05, 3.63) is 28.0 Å². The molecule has 0 atom stereocenters. The van der Waals surface area contributed by atoms with Crippen LogP contribution in [0.1, 0.15) is 18.5 Å². The van der Waals surface area contributed by atoms with E-state index in [2.05, 4.69) is 24.4 Å². The van der Waals surface area contributed by atoms with E-state index in [1.165, 1.54) is 12.8 Å². The van der Waals surface area contributed by atoms with Gasteiger partial charge in [0, 0.05) is 12.6 Å². The largest absolute Gasteiger partial charge is 0.308 e. The molecule has 1 aliphatic heterocycles. The molecule has 0 bridgehead atoms. The maximum absolute atomic E-state index is 6.35. The lowest BCUT2D eigenvalue weighted by molar-refractivity contribution is 0.647. The SMILES string of the molecule is Clc1cc(Cl)c(-n2nncc2CNC2CC2)c2c1N=S=N2. The van der Waals surface area contributed by atoms with Gasteiger partial charge < -0.3 is 5.32 Å². The molecule has 108 valence electrons. The highest BCUT2D eigenvalue weighted by atomic mass is 35.5. The minimum Gasteiger partial charge on any atom is -0.308 e. The van der Waals surface area contributed by atoms with Crippen molar-refractivity contribution in [2.45, 2.75) is 25.4 Å². The Morgan fingerprint density at radius 3 is 2.86 bits per heavy atom. The van der Waals surface area contributed by atoms with Gasteiger partial charge in [-0.05, 0) is 18.9 Å². The average molecular weight is 341 g/mol. The summed E-state index contributed by atoms with van der Waals surface area (Å²) in [6.45, 7) is 0.690. The summed E-state index contributed by atoms with van der Waals surface area (Å²) in [6, 6.07) is 2.28. The molecule has 4 rings (SSSR count). The molecule has 1 saturated carbocycles. The first-order valence-corrected chi connectivity index (χ1v) is 7.96. The summed E-state index contributed by atoms with van der Waals surface area (Å²) in [6.07, 6.45) is 4.18. The Bertz CT molecular complexity index is 791. The standard InChI is InChI=1S/C12H10Cl2N6S/c13-8-3-9(14)12(11-10(8)17-21-18-11)20-7(5-16-19-20)4-15-6-1-2-6/h3,5-6,15H,1-2,4H2. The molecule has 2 heterocycles. The van der Waals surface area contributed by atoms with Gasteiger partial charge in [0.1, 0.15) is 17.1 Å². The molecule has 0 radical (unpaired) electrons. The van der Waals surface area contributed by atoms with Crippen LogP contribution in [0.15, 0.2) is 21.0 Å². The summed E-state index contributed by atoms with van der Waals surface area (Å²) in [5.41, 5.74) is 2.89. The minimum absolute atomic E-state index is 0.485. The molecule has 1 aromatic carbocycles. The molecule has 6 nitrogen and oxygen atoms in total. The molecule has 0 amide bonds. The highest BCUT2D eigenvalue weighted by Gasteiger charge is 2.24. The number of rotatable bonds is 4. The molecular formula is C12H10Cl2N6S. The lowest BCUT2D eigenvalue weighted by atomic mass is 10.2. The van der Waals surface area contributed by atoms with E-state index < -0.39 is 0 Å². The van der Waals surface area contributed by atoms with Crippen molar-refractivity contribution in [3.63, 3.8) is 0 Å². The molecule has 2 aliphatic rings. The quantitative estimate of drug-likeness (QED) is 0.789. The topological polar surface area (TPSA) is 67.5 Å². The average Bonchev–Trinajstić information content (AvgIpc) is 2.97. The zero-order valence-corrected chi connectivity index (χ0v) is 13.1. The third kappa shape index (κ3) is 2.40. The molecule has 21 heavy (non-hydrogen) atoms. The molecule has 9 heteroatoms. The van der Waals surface area contributed by atoms with Gasteiger partial charge in [0.15, 0.2) is 0 Å². The second-order valence-electron chi connectivity index (χ2n) is 4.94. The fraction of sp³-hybridized carbons (Fsp3) is 0.333. The fourth-order valence-electron chi connectivity index (χ4n) is 2.16. The summed E-state index contributed by atoms with van der Waals surface area (Å²) in [5, 5.41) is 12.5. The smallest absolute Gasteiger partial charge is 0.133 e. The number of hydrogen-bond acceptors (Lipinski definition) is 5. The maximum Gasteiger partial charge on any atom is 0.133 e. The molecule has 1 fully saturated rings. The number of halogens is 2. The molecular weight excluding hydrogens is 331 g/mol. The number of hydrogen-bond donors (Lipinski definition) is 1. The van der Waals surface area contributed by atoms with Crippen LogP contribution >= 0.6 is 23.2 Å². The van der Waals surface area contributed by atoms with E-state index in [4.69, 9.17) is 23.2 Å². The van der Waals surface area contributed by atoms with Crippen molar-refractivity contribution in [3.8, 4) is 5.69 Å². The Morgan fingerprint density at radius 2 is 2.05 bits per heavy atom. The van der Waals surface area contributed by atoms with Crippen LogP contribution in [0.4, 0.5) is 11.4 Å². The Morgan fingerprint density at radius 1 is 1.24 bits per heavy atom. The van der Waals surface area contributed by atoms with Gasteiger partial charge >= 0.3 is 0 Å². The van der Waals surface area contributed by atoms with Crippen molar-refractivity contribution in [1.82, 2.24) is 20.3 Å². The Kier molecular flexibility index (Phi) is 3.30. The van der Waals surface area contributed by atoms with E-state index in [-0.39, 0.29) is 0 Å². The van der Waals surface area contributed by atoms with Gasteiger partial charge in [-0.2, -0.15) is 8.73 Å². The summed E-state index contributed by atoms with van der Waals surface area (Å²) in [4.78, 5) is 0. The van der Waals surface area contributed by atoms with E-state index in [0.29, 0.717) is 39.7 Å². The van der Waals surface area contributed by atoms with Crippen LogP contribution in [0.25, 0.3) is 5.69 Å². The predicted molar refractivity (Wildman–Crippen MR) is 82.8 cm³/mol. The van der Waals surface area contributed by atoms with Crippen LogP contribution in [0.3, 0.4) is 0 Å². The summed E-state index contributed by atoms with van der Waals surface area (Å²) < 4.78 is 10.2. The van der Waals surface area contributed by atoms with E-state index in [1.807, 2.05) is 0 Å². The monoisotopic (exact) mass is 340 g/mol. The highest BCUT2D eigenvalue weighted by Crippen LogP contribution is 2.46. The van der Waals surface area contributed by atoms with Gasteiger partial charge in [-0.25, -0.2) is 4.68 Å². The van der Waals surface area contributed by atoms with Gasteiger partial charge in [0.05, 0.1) is 33.3 Å². The molecule has 1 aromatic heterocycles. The number of aromatic nitrogens is 3. The molecule has 0 unspecified atom stereocenters. The third-order valence-corrected chi connectivity index (χ3v) is 4.50. The van der Waals surface area contributed by atoms with E-state index >= 15 is 0 Å². The first-order chi connectivity index (χ1) is 10.2. The van der Waals surface area contributed by atoms with Crippen LogP contribution in [-0.2, 0) is 17.9 Å². The maximum atomic E-state index is 6.35. The van der Waals surface area contributed by atoms with Gasteiger partial charge in [-0.15, -0.1) is 5.10 Å². The van der Waals surface area contributed by atoms with Crippen LogP contribution in [-0.4, -0.2) is 21.0 Å². The Balaban J connectivity index is 1.79. The van der Waals surface area contributed by atoms with Gasteiger partial charge in [-0.1, -0.05) is 28.4 Å². The van der Waals surface area contributed by atoms with E-state index in [1.54, 1.807) is 16.9 Å². The zero-order valence-electron chi connectivity index (χ0n) is 10.8. The van der Waals surface area contributed by atoms with Crippen LogP contribution in [0.5, 0.6) is 0 Å². The first kappa shape index (κ1) is 13.4. The third-order valence-electron chi connectivity index (χ3n) is 3.40. The zero-order chi connectivity index (χ0) is 14.4. The first-order valence-electron chi connectivity index (χ1n) is 6.47. The summed E-state index contributed by atoms with van der Waals surface area (Å²) in [5.74, 6) is 0. The van der Waals surface area contributed by atoms with Gasteiger partial charge in [0.25, 0.3) is 0 Å². The summed E-state index contributed by atoms with van der Waals surface area (Å²) in [7, 11) is 0. The number of benzene rings is 1. The van der Waals surface area contributed by atoms with Crippen molar-refractivity contribution in [2.24, 2.45) is 8.73 Å². The molecule has 1 aliphatic carbocycles. The van der Waals surface area contributed by atoms with E-state index in [0.717, 1.165) is 17.0 Å². The van der Waals surface area contributed by atoms with Crippen molar-refractivity contribution >= 4 is 45.9 Å². The van der Waals surface area contributed by atoms with E-state index in [9.17, 15) is 0 Å². The van der Waals surface area contributed by atoms with Crippen LogP contribution in [0, 0.1) is 0 Å². The number of fused-ring (bicyclic) bond motifs is 1. The minimum atomic E-state index is 0.485. The molecule has 0 saturated heterocycles. The summed E-state index contributed by atoms with van der Waals surface area (Å²) >= 11 is 13.6. The fourth-order valence-corrected chi connectivity index (χ4v) is 3.35. The lowest BCUT2D eigenvalue weighted by Crippen LogP contribution is -2.18. The number of nitrogens with one attached hydrogen (secondary N) is 1. The van der Waals surface area contributed by atoms with Crippen molar-refractivity contribution in [1.29, 1.82) is 0 Å². The Hall–Kier alpha value is -1.28. The Labute approximate surface area is 134 Å². The normalized spacial score (nSPS) is 16.1. The molecule has 0 spiro atoms. The van der Waals surface area contributed by atoms with Crippen LogP contribution in [0.2, 0.25) is 10.0 Å². The predicted octanol–water partition coefficient (Wildman–Crippen LogP) is 3.55. The molecule has 1 N–H and O–H groups in total. The van der Waals surface area contributed by atoms with Crippen LogP contribution < -0.4 is 5.32 Å². The number of nitrogens with zero attached hydrogens (tertiary/aromatic N) is 5. The lowest BCUT2D eigenvalue weighted by Gasteiger charge is -2.12. The second-order valence-corrected chi connectivity index (χ2v) is 6.29. The van der Waals surface area contributed by atoms with Gasteiger partial charge in [0.2, 0.25) is 0 Å². The second kappa shape index (κ2) is 5.17. The van der Waals surface area contributed by atoms with Crippen molar-refractivity contribution in [2.75, 3.05) is 0 Å². The van der Waals surface area contributed by atoms with Crippen molar-refractivity contribution < 1.29 is 0 Å².